The molecule has 0 atom stereocenters. The minimum atomic E-state index is -3.37. The lowest BCUT2D eigenvalue weighted by Crippen LogP contribution is -2.37. The van der Waals surface area contributed by atoms with E-state index in [-0.39, 0.29) is 12.5 Å². The zero-order chi connectivity index (χ0) is 23.3. The Hall–Kier alpha value is -3.04. The fourth-order valence-electron chi connectivity index (χ4n) is 3.86. The number of amides is 1. The summed E-state index contributed by atoms with van der Waals surface area (Å²) in [4.78, 5) is 19.1. The van der Waals surface area contributed by atoms with Crippen molar-refractivity contribution < 1.29 is 13.2 Å². The van der Waals surface area contributed by atoms with Crippen molar-refractivity contribution in [2.45, 2.75) is 23.6 Å². The second-order valence-electron chi connectivity index (χ2n) is 7.91. The average molecular weight is 483 g/mol. The Kier molecular flexibility index (Phi) is 7.20. The molecule has 2 aromatic carbocycles. The third-order valence-corrected chi connectivity index (χ3v) is 6.82. The number of rotatable bonds is 8. The molecule has 0 saturated carbocycles. The molecule has 0 radical (unpaired) electrons. The van der Waals surface area contributed by atoms with Gasteiger partial charge in [-0.15, -0.1) is 11.8 Å². The molecule has 3 aromatic rings. The molecule has 0 fully saturated rings. The van der Waals surface area contributed by atoms with Gasteiger partial charge in [0.1, 0.15) is 0 Å². The molecular formula is C24H26N4O3S2. The van der Waals surface area contributed by atoms with Crippen LogP contribution >= 0.6 is 11.8 Å². The number of pyridine rings is 1. The van der Waals surface area contributed by atoms with Crippen LogP contribution in [0.5, 0.6) is 0 Å². The predicted molar refractivity (Wildman–Crippen MR) is 134 cm³/mol. The third kappa shape index (κ3) is 6.49. The minimum Gasteiger partial charge on any atom is -0.362 e. The summed E-state index contributed by atoms with van der Waals surface area (Å²) >= 11 is 1.65. The molecule has 1 aromatic heterocycles. The molecule has 2 N–H and O–H groups in total. The smallest absolute Gasteiger partial charge is 0.243 e. The van der Waals surface area contributed by atoms with Gasteiger partial charge in [0, 0.05) is 29.9 Å². The van der Waals surface area contributed by atoms with Crippen LogP contribution in [0.3, 0.4) is 0 Å². The Labute approximate surface area is 198 Å². The lowest BCUT2D eigenvalue weighted by molar-refractivity contribution is -0.115. The molecule has 0 bridgehead atoms. The van der Waals surface area contributed by atoms with E-state index < -0.39 is 10.0 Å². The van der Waals surface area contributed by atoms with E-state index in [4.69, 9.17) is 0 Å². The first-order chi connectivity index (χ1) is 15.9. The van der Waals surface area contributed by atoms with E-state index in [1.165, 1.54) is 0 Å². The normalized spacial score (nSPS) is 13.3. The van der Waals surface area contributed by atoms with Crippen LogP contribution in [0.2, 0.25) is 0 Å². The third-order valence-electron chi connectivity index (χ3n) is 5.21. The molecule has 1 aliphatic heterocycles. The summed E-state index contributed by atoms with van der Waals surface area (Å²) in [5.41, 5.74) is 4.26. The first-order valence-corrected chi connectivity index (χ1v) is 13.5. The van der Waals surface area contributed by atoms with Crippen molar-refractivity contribution >= 4 is 44.8 Å². The number of hydrogen-bond acceptors (Lipinski definition) is 6. The van der Waals surface area contributed by atoms with Crippen molar-refractivity contribution in [2.24, 2.45) is 0 Å². The highest BCUT2D eigenvalue weighted by Gasteiger charge is 2.22. The SMILES string of the molecule is CS(=O)(=O)Nc1cccc2c1CCCN2CC(=O)Nc1cccc(CSc2ccccn2)c1. The Morgan fingerprint density at radius 3 is 2.76 bits per heavy atom. The highest BCUT2D eigenvalue weighted by Crippen LogP contribution is 2.33. The van der Waals surface area contributed by atoms with E-state index in [2.05, 4.69) is 15.0 Å². The van der Waals surface area contributed by atoms with Gasteiger partial charge in [-0.05, 0) is 60.4 Å². The van der Waals surface area contributed by atoms with Crippen molar-refractivity contribution in [1.29, 1.82) is 0 Å². The number of carbonyl (C=O) groups excluding carboxylic acids is 1. The van der Waals surface area contributed by atoms with E-state index in [9.17, 15) is 13.2 Å². The molecule has 4 rings (SSSR count). The maximum absolute atomic E-state index is 12.8. The average Bonchev–Trinajstić information content (AvgIpc) is 2.78. The summed E-state index contributed by atoms with van der Waals surface area (Å²) in [7, 11) is -3.37. The van der Waals surface area contributed by atoms with E-state index >= 15 is 0 Å². The summed E-state index contributed by atoms with van der Waals surface area (Å²) in [6.45, 7) is 0.936. The molecule has 1 amide bonds. The maximum Gasteiger partial charge on any atom is 0.243 e. The van der Waals surface area contributed by atoms with Crippen LogP contribution < -0.4 is 14.9 Å². The van der Waals surface area contributed by atoms with Crippen molar-refractivity contribution in [2.75, 3.05) is 34.3 Å². The van der Waals surface area contributed by atoms with Gasteiger partial charge in [-0.2, -0.15) is 0 Å². The molecule has 7 nitrogen and oxygen atoms in total. The van der Waals surface area contributed by atoms with Crippen molar-refractivity contribution in [1.82, 2.24) is 4.98 Å². The number of aromatic nitrogens is 1. The van der Waals surface area contributed by atoms with Gasteiger partial charge in [-0.1, -0.05) is 24.3 Å². The molecule has 33 heavy (non-hydrogen) atoms. The van der Waals surface area contributed by atoms with Crippen LogP contribution in [0.4, 0.5) is 17.1 Å². The first-order valence-electron chi connectivity index (χ1n) is 10.6. The zero-order valence-corrected chi connectivity index (χ0v) is 20.0. The summed E-state index contributed by atoms with van der Waals surface area (Å²) < 4.78 is 26.0. The number of sulfonamides is 1. The highest BCUT2D eigenvalue weighted by molar-refractivity contribution is 7.98. The molecule has 1 aliphatic rings. The molecule has 0 saturated heterocycles. The van der Waals surface area contributed by atoms with Gasteiger partial charge in [0.05, 0.1) is 23.5 Å². The Balaban J connectivity index is 1.40. The molecule has 2 heterocycles. The van der Waals surface area contributed by atoms with E-state index in [1.807, 2.05) is 59.5 Å². The molecule has 172 valence electrons. The van der Waals surface area contributed by atoms with Crippen LogP contribution in [-0.4, -0.2) is 38.7 Å². The van der Waals surface area contributed by atoms with Gasteiger partial charge in [-0.3, -0.25) is 9.52 Å². The van der Waals surface area contributed by atoms with Gasteiger partial charge in [0.2, 0.25) is 15.9 Å². The number of carbonyl (C=O) groups is 1. The molecule has 0 unspecified atom stereocenters. The monoisotopic (exact) mass is 482 g/mol. The van der Waals surface area contributed by atoms with Crippen molar-refractivity contribution in [3.05, 3.63) is 78.0 Å². The fourth-order valence-corrected chi connectivity index (χ4v) is 5.26. The molecule has 0 spiro atoms. The number of anilines is 3. The van der Waals surface area contributed by atoms with E-state index in [0.29, 0.717) is 5.69 Å². The van der Waals surface area contributed by atoms with Crippen molar-refractivity contribution in [3.63, 3.8) is 0 Å². The van der Waals surface area contributed by atoms with E-state index in [1.54, 1.807) is 24.0 Å². The number of nitrogens with zero attached hydrogens (tertiary/aromatic N) is 2. The van der Waals surface area contributed by atoms with Crippen LogP contribution in [-0.2, 0) is 27.0 Å². The largest absolute Gasteiger partial charge is 0.362 e. The molecule has 9 heteroatoms. The Morgan fingerprint density at radius 1 is 1.12 bits per heavy atom. The zero-order valence-electron chi connectivity index (χ0n) is 18.3. The summed E-state index contributed by atoms with van der Waals surface area (Å²) in [5, 5.41) is 3.95. The maximum atomic E-state index is 12.8. The predicted octanol–water partition coefficient (Wildman–Crippen LogP) is 4.14. The van der Waals surface area contributed by atoms with Crippen LogP contribution in [0.1, 0.15) is 17.5 Å². The lowest BCUT2D eigenvalue weighted by atomic mass is 10.00. The van der Waals surface area contributed by atoms with Crippen LogP contribution in [0.15, 0.2) is 71.9 Å². The summed E-state index contributed by atoms with van der Waals surface area (Å²) in [6.07, 6.45) is 4.53. The second kappa shape index (κ2) is 10.3. The highest BCUT2D eigenvalue weighted by atomic mass is 32.2. The summed E-state index contributed by atoms with van der Waals surface area (Å²) in [5.74, 6) is 0.648. The van der Waals surface area contributed by atoms with Crippen molar-refractivity contribution in [3.8, 4) is 0 Å². The number of benzene rings is 2. The standard InChI is InChI=1S/C24H26N4O3S2/c1-33(30,31)27-21-10-5-11-22-20(21)9-6-14-28(22)16-23(29)26-19-8-4-7-18(15-19)17-32-24-12-2-3-13-25-24/h2-5,7-8,10-13,15,27H,6,9,14,16-17H2,1H3,(H,26,29). The van der Waals surface area contributed by atoms with Gasteiger partial charge < -0.3 is 10.2 Å². The lowest BCUT2D eigenvalue weighted by Gasteiger charge is -2.32. The quantitative estimate of drug-likeness (QED) is 0.469. The summed E-state index contributed by atoms with van der Waals surface area (Å²) in [6, 6.07) is 19.2. The first kappa shape index (κ1) is 23.1. The van der Waals surface area contributed by atoms with Gasteiger partial charge >= 0.3 is 0 Å². The number of fused-ring (bicyclic) bond motifs is 1. The van der Waals surface area contributed by atoms with Gasteiger partial charge in [-0.25, -0.2) is 13.4 Å². The van der Waals surface area contributed by atoms with E-state index in [0.717, 1.165) is 58.9 Å². The molecular weight excluding hydrogens is 456 g/mol. The molecule has 0 aliphatic carbocycles. The van der Waals surface area contributed by atoms with Crippen LogP contribution in [0, 0.1) is 0 Å². The Morgan fingerprint density at radius 2 is 1.97 bits per heavy atom. The van der Waals surface area contributed by atoms with Gasteiger partial charge in [0.15, 0.2) is 0 Å². The number of hydrogen-bond donors (Lipinski definition) is 2. The number of thioether (sulfide) groups is 1. The topological polar surface area (TPSA) is 91.4 Å². The van der Waals surface area contributed by atoms with Crippen LogP contribution in [0.25, 0.3) is 0 Å². The van der Waals surface area contributed by atoms with Gasteiger partial charge in [0.25, 0.3) is 0 Å². The Bertz CT molecular complexity index is 1230. The number of nitrogens with one attached hydrogen (secondary N) is 2. The minimum absolute atomic E-state index is 0.112. The second-order valence-corrected chi connectivity index (χ2v) is 10.7. The fraction of sp³-hybridized carbons (Fsp3) is 0.250.